The minimum atomic E-state index is -0.491. The Labute approximate surface area is 58.8 Å². The molecule has 56 valence electrons. The second kappa shape index (κ2) is 3.34. The van der Waals surface area contributed by atoms with Gasteiger partial charge in [0.15, 0.2) is 0 Å². The Bertz CT molecular complexity index is 169. The van der Waals surface area contributed by atoms with Gasteiger partial charge in [0.05, 0.1) is 6.20 Å². The molecule has 0 aliphatic carbocycles. The van der Waals surface area contributed by atoms with Crippen molar-refractivity contribution in [3.05, 3.63) is 18.4 Å². The fourth-order valence-electron chi connectivity index (χ4n) is 0.649. The van der Waals surface area contributed by atoms with Crippen LogP contribution in [0.15, 0.2) is 16.9 Å². The Morgan fingerprint density at radius 1 is 1.50 bits per heavy atom. The van der Waals surface area contributed by atoms with Gasteiger partial charge < -0.3 is 13.9 Å². The van der Waals surface area contributed by atoms with Crippen LogP contribution >= 0.6 is 0 Å². The number of oxazole rings is 1. The first kappa shape index (κ1) is 7.24. The largest absolute Gasteiger partial charge is 0.444 e. The molecule has 10 heavy (non-hydrogen) atoms. The van der Waals surface area contributed by atoms with E-state index in [9.17, 15) is 0 Å². The molecule has 0 bridgehead atoms. The van der Waals surface area contributed by atoms with E-state index in [2.05, 4.69) is 4.98 Å². The maximum absolute atomic E-state index is 4.92. The van der Waals surface area contributed by atoms with Crippen LogP contribution in [-0.4, -0.2) is 19.2 Å². The molecule has 4 nitrogen and oxygen atoms in total. The molecule has 1 aromatic rings. The Morgan fingerprint density at radius 2 is 2.20 bits per heavy atom. The molecule has 0 amide bonds. The van der Waals surface area contributed by atoms with Crippen molar-refractivity contribution < 1.29 is 13.9 Å². The van der Waals surface area contributed by atoms with Crippen LogP contribution < -0.4 is 0 Å². The van der Waals surface area contributed by atoms with Gasteiger partial charge >= 0.3 is 0 Å². The molecule has 0 aliphatic heterocycles. The van der Waals surface area contributed by atoms with Crippen LogP contribution in [0.5, 0.6) is 0 Å². The van der Waals surface area contributed by atoms with Crippen molar-refractivity contribution in [1.29, 1.82) is 0 Å². The maximum atomic E-state index is 4.92. The van der Waals surface area contributed by atoms with E-state index in [1.54, 1.807) is 6.20 Å². The summed E-state index contributed by atoms with van der Waals surface area (Å²) >= 11 is 0. The molecule has 0 saturated heterocycles. The summed E-state index contributed by atoms with van der Waals surface area (Å²) in [5, 5.41) is 0. The lowest BCUT2D eigenvalue weighted by Gasteiger charge is -2.07. The molecule has 0 saturated carbocycles. The molecule has 4 heteroatoms. The van der Waals surface area contributed by atoms with E-state index in [-0.39, 0.29) is 0 Å². The highest BCUT2D eigenvalue weighted by Crippen LogP contribution is 2.13. The minimum absolute atomic E-state index is 0.435. The van der Waals surface area contributed by atoms with Crippen LogP contribution in [0.2, 0.25) is 0 Å². The SMILES string of the molecule is COC(OC)c1ncco1. The molecule has 0 spiro atoms. The van der Waals surface area contributed by atoms with E-state index in [0.29, 0.717) is 5.89 Å². The number of rotatable bonds is 3. The van der Waals surface area contributed by atoms with Crippen LogP contribution in [0, 0.1) is 0 Å². The highest BCUT2D eigenvalue weighted by Gasteiger charge is 2.12. The van der Waals surface area contributed by atoms with Gasteiger partial charge in [-0.1, -0.05) is 0 Å². The molecule has 1 rings (SSSR count). The molecule has 0 N–H and O–H groups in total. The summed E-state index contributed by atoms with van der Waals surface area (Å²) in [7, 11) is 3.05. The molecule has 0 fully saturated rings. The van der Waals surface area contributed by atoms with Crippen LogP contribution in [-0.2, 0) is 9.47 Å². The van der Waals surface area contributed by atoms with Crippen molar-refractivity contribution >= 4 is 0 Å². The van der Waals surface area contributed by atoms with Crippen molar-refractivity contribution in [1.82, 2.24) is 4.98 Å². The topological polar surface area (TPSA) is 44.5 Å². The molecule has 0 unspecified atom stereocenters. The van der Waals surface area contributed by atoms with Gasteiger partial charge in [-0.3, -0.25) is 0 Å². The lowest BCUT2D eigenvalue weighted by Crippen LogP contribution is -2.03. The third kappa shape index (κ3) is 1.34. The summed E-state index contributed by atoms with van der Waals surface area (Å²) in [4.78, 5) is 3.84. The fraction of sp³-hybridized carbons (Fsp3) is 0.500. The average molecular weight is 143 g/mol. The van der Waals surface area contributed by atoms with E-state index >= 15 is 0 Å². The third-order valence-electron chi connectivity index (χ3n) is 1.08. The maximum Gasteiger partial charge on any atom is 0.251 e. The van der Waals surface area contributed by atoms with Gasteiger partial charge in [0.25, 0.3) is 5.89 Å². The predicted molar refractivity (Wildman–Crippen MR) is 33.3 cm³/mol. The van der Waals surface area contributed by atoms with Gasteiger partial charge in [-0.15, -0.1) is 0 Å². The first-order valence-electron chi connectivity index (χ1n) is 2.83. The zero-order valence-electron chi connectivity index (χ0n) is 5.90. The fourth-order valence-corrected chi connectivity index (χ4v) is 0.649. The molecule has 0 atom stereocenters. The smallest absolute Gasteiger partial charge is 0.251 e. The summed E-state index contributed by atoms with van der Waals surface area (Å²) < 4.78 is 14.6. The Balaban J connectivity index is 2.64. The van der Waals surface area contributed by atoms with Gasteiger partial charge in [0.2, 0.25) is 6.29 Å². The molecule has 0 radical (unpaired) electrons. The summed E-state index contributed by atoms with van der Waals surface area (Å²) in [5.74, 6) is 0.435. The van der Waals surface area contributed by atoms with Gasteiger partial charge in [-0.25, -0.2) is 4.98 Å². The van der Waals surface area contributed by atoms with E-state index in [1.807, 2.05) is 0 Å². The summed E-state index contributed by atoms with van der Waals surface area (Å²) in [6.45, 7) is 0. The normalized spacial score (nSPS) is 10.7. The highest BCUT2D eigenvalue weighted by atomic mass is 16.7. The zero-order chi connectivity index (χ0) is 7.40. The van der Waals surface area contributed by atoms with Crippen molar-refractivity contribution in [2.75, 3.05) is 14.2 Å². The minimum Gasteiger partial charge on any atom is -0.444 e. The van der Waals surface area contributed by atoms with Gasteiger partial charge in [-0.05, 0) is 0 Å². The number of hydrogen-bond donors (Lipinski definition) is 0. The number of methoxy groups -OCH3 is 2. The number of hydrogen-bond acceptors (Lipinski definition) is 4. The van der Waals surface area contributed by atoms with Gasteiger partial charge in [-0.2, -0.15) is 0 Å². The van der Waals surface area contributed by atoms with E-state index in [0.717, 1.165) is 0 Å². The van der Waals surface area contributed by atoms with Gasteiger partial charge in [0.1, 0.15) is 6.26 Å². The first-order valence-corrected chi connectivity index (χ1v) is 2.83. The van der Waals surface area contributed by atoms with E-state index < -0.39 is 6.29 Å². The molecule has 0 aromatic carbocycles. The summed E-state index contributed by atoms with van der Waals surface area (Å²) in [6.07, 6.45) is 2.52. The lowest BCUT2D eigenvalue weighted by atomic mass is 10.6. The molecule has 0 aliphatic rings. The van der Waals surface area contributed by atoms with Crippen LogP contribution in [0.1, 0.15) is 12.2 Å². The second-order valence-corrected chi connectivity index (χ2v) is 1.67. The Hall–Kier alpha value is -0.870. The third-order valence-corrected chi connectivity index (χ3v) is 1.08. The Kier molecular flexibility index (Phi) is 2.42. The van der Waals surface area contributed by atoms with Crippen molar-refractivity contribution in [3.8, 4) is 0 Å². The van der Waals surface area contributed by atoms with Crippen molar-refractivity contribution in [3.63, 3.8) is 0 Å². The van der Waals surface area contributed by atoms with Crippen molar-refractivity contribution in [2.24, 2.45) is 0 Å². The number of aromatic nitrogens is 1. The molecular weight excluding hydrogens is 134 g/mol. The number of nitrogens with zero attached hydrogens (tertiary/aromatic N) is 1. The second-order valence-electron chi connectivity index (χ2n) is 1.67. The molecule has 1 aromatic heterocycles. The average Bonchev–Trinajstić information content (AvgIpc) is 2.43. The standard InChI is InChI=1S/C6H9NO3/c1-8-6(9-2)5-7-3-4-10-5/h3-4,6H,1-2H3. The lowest BCUT2D eigenvalue weighted by molar-refractivity contribution is -0.120. The first-order chi connectivity index (χ1) is 4.88. The van der Waals surface area contributed by atoms with Crippen LogP contribution in [0.4, 0.5) is 0 Å². The quantitative estimate of drug-likeness (QED) is 0.591. The summed E-state index contributed by atoms with van der Waals surface area (Å²) in [5.41, 5.74) is 0. The van der Waals surface area contributed by atoms with E-state index in [4.69, 9.17) is 13.9 Å². The number of ether oxygens (including phenoxy) is 2. The zero-order valence-corrected chi connectivity index (χ0v) is 5.90. The van der Waals surface area contributed by atoms with Crippen LogP contribution in [0.3, 0.4) is 0 Å². The predicted octanol–water partition coefficient (Wildman–Crippen LogP) is 0.966. The molecule has 1 heterocycles. The van der Waals surface area contributed by atoms with E-state index in [1.165, 1.54) is 20.5 Å². The summed E-state index contributed by atoms with van der Waals surface area (Å²) in [6, 6.07) is 0. The van der Waals surface area contributed by atoms with Gasteiger partial charge in [0, 0.05) is 14.2 Å². The highest BCUT2D eigenvalue weighted by molar-refractivity contribution is 4.80. The monoisotopic (exact) mass is 143 g/mol. The van der Waals surface area contributed by atoms with Crippen LogP contribution in [0.25, 0.3) is 0 Å². The Morgan fingerprint density at radius 3 is 2.60 bits per heavy atom. The van der Waals surface area contributed by atoms with Crippen molar-refractivity contribution in [2.45, 2.75) is 6.29 Å². The molecular formula is C6H9NO3.